The molecule has 0 spiro atoms. The van der Waals surface area contributed by atoms with Gasteiger partial charge in [-0.15, -0.1) is 0 Å². The maximum atomic E-state index is 13.2. The lowest BCUT2D eigenvalue weighted by Gasteiger charge is -2.21. The Kier molecular flexibility index (Phi) is 7.98. The molecule has 4 nitrogen and oxygen atoms in total. The van der Waals surface area contributed by atoms with Gasteiger partial charge in [0.2, 0.25) is 0 Å². The second kappa shape index (κ2) is 10.3. The third kappa shape index (κ3) is 6.07. The maximum absolute atomic E-state index is 13.2. The first-order valence-corrected chi connectivity index (χ1v) is 10.6. The predicted octanol–water partition coefficient (Wildman–Crippen LogP) is 6.49. The molecule has 0 aliphatic rings. The standard InChI is InChI=1S/C28H33NO3/c1-9-23(17-24(18(2)3)21-12-10-20(11-13-21)19(4)30)29-27(31)25-16-22(28(5,6)7)14-15-26(25)32-8/h9-17H,2H2,1,3-8H3,(H,29,31)/b23-9+,24-17+. The molecule has 0 bridgehead atoms. The summed E-state index contributed by atoms with van der Waals surface area (Å²) in [5.74, 6) is 0.297. The maximum Gasteiger partial charge on any atom is 0.259 e. The normalized spacial score (nSPS) is 12.3. The third-order valence-corrected chi connectivity index (χ3v) is 5.24. The van der Waals surface area contributed by atoms with Crippen molar-refractivity contribution in [3.05, 3.63) is 94.7 Å². The molecule has 32 heavy (non-hydrogen) atoms. The lowest BCUT2D eigenvalue weighted by atomic mass is 9.86. The van der Waals surface area contributed by atoms with E-state index in [2.05, 4.69) is 32.7 Å². The lowest BCUT2D eigenvalue weighted by molar-refractivity contribution is 0.0962. The first-order chi connectivity index (χ1) is 15.0. The zero-order chi connectivity index (χ0) is 24.1. The number of nitrogens with one attached hydrogen (secondary N) is 1. The van der Waals surface area contributed by atoms with Crippen molar-refractivity contribution in [3.63, 3.8) is 0 Å². The van der Waals surface area contributed by atoms with Crippen molar-refractivity contribution in [3.8, 4) is 5.75 Å². The summed E-state index contributed by atoms with van der Waals surface area (Å²) in [5.41, 5.74) is 5.38. The van der Waals surface area contributed by atoms with Crippen LogP contribution >= 0.6 is 0 Å². The van der Waals surface area contributed by atoms with Gasteiger partial charge in [0.1, 0.15) is 5.75 Å². The van der Waals surface area contributed by atoms with Crippen molar-refractivity contribution in [2.45, 2.75) is 47.0 Å². The van der Waals surface area contributed by atoms with Crippen LogP contribution in [0.5, 0.6) is 5.75 Å². The summed E-state index contributed by atoms with van der Waals surface area (Å²) in [7, 11) is 1.56. The number of carbonyl (C=O) groups is 2. The zero-order valence-corrected chi connectivity index (χ0v) is 20.1. The molecule has 0 aliphatic heterocycles. The first kappa shape index (κ1) is 24.9. The Morgan fingerprint density at radius 3 is 2.06 bits per heavy atom. The summed E-state index contributed by atoms with van der Waals surface area (Å²) < 4.78 is 5.43. The van der Waals surface area contributed by atoms with Crippen LogP contribution in [0.1, 0.15) is 73.4 Å². The smallest absolute Gasteiger partial charge is 0.259 e. The Morgan fingerprint density at radius 2 is 1.59 bits per heavy atom. The number of ketones is 1. The monoisotopic (exact) mass is 431 g/mol. The van der Waals surface area contributed by atoms with Gasteiger partial charge in [0.25, 0.3) is 5.91 Å². The molecule has 2 rings (SSSR count). The summed E-state index contributed by atoms with van der Waals surface area (Å²) in [6, 6.07) is 13.1. The molecule has 2 aromatic rings. The average Bonchev–Trinajstić information content (AvgIpc) is 2.75. The van der Waals surface area contributed by atoms with Crippen LogP contribution in [0.25, 0.3) is 5.57 Å². The van der Waals surface area contributed by atoms with Crippen molar-refractivity contribution in [2.24, 2.45) is 0 Å². The summed E-state index contributed by atoms with van der Waals surface area (Å²) in [6.45, 7) is 15.7. The molecule has 0 unspecified atom stereocenters. The minimum absolute atomic E-state index is 0.0187. The van der Waals surface area contributed by atoms with Gasteiger partial charge < -0.3 is 10.1 Å². The lowest BCUT2D eigenvalue weighted by Crippen LogP contribution is -2.23. The van der Waals surface area contributed by atoms with Crippen LogP contribution in [0.15, 0.2) is 72.5 Å². The molecule has 1 amide bonds. The number of ether oxygens (including phenoxy) is 1. The van der Waals surface area contributed by atoms with Crippen LogP contribution in [0, 0.1) is 0 Å². The Hall–Kier alpha value is -3.40. The van der Waals surface area contributed by atoms with Gasteiger partial charge in [-0.3, -0.25) is 9.59 Å². The van der Waals surface area contributed by atoms with Crippen LogP contribution in [0.4, 0.5) is 0 Å². The number of carbonyl (C=O) groups excluding carboxylic acids is 2. The minimum Gasteiger partial charge on any atom is -0.496 e. The summed E-state index contributed by atoms with van der Waals surface area (Å²) in [6.07, 6.45) is 3.73. The summed E-state index contributed by atoms with van der Waals surface area (Å²) in [5, 5.41) is 2.99. The van der Waals surface area contributed by atoms with Crippen LogP contribution in [-0.4, -0.2) is 18.8 Å². The number of hydrogen-bond donors (Lipinski definition) is 1. The molecule has 1 N–H and O–H groups in total. The van der Waals surface area contributed by atoms with E-state index in [0.717, 1.165) is 22.3 Å². The number of hydrogen-bond acceptors (Lipinski definition) is 3. The van der Waals surface area contributed by atoms with Crippen molar-refractivity contribution >= 4 is 17.3 Å². The minimum atomic E-state index is -0.245. The van der Waals surface area contributed by atoms with Crippen LogP contribution in [0.3, 0.4) is 0 Å². The molecular weight excluding hydrogens is 398 g/mol. The van der Waals surface area contributed by atoms with E-state index in [1.54, 1.807) is 26.2 Å². The van der Waals surface area contributed by atoms with E-state index < -0.39 is 0 Å². The fourth-order valence-electron chi connectivity index (χ4n) is 3.23. The summed E-state index contributed by atoms with van der Waals surface area (Å²) in [4.78, 5) is 24.7. The van der Waals surface area contributed by atoms with Crippen molar-refractivity contribution in [1.29, 1.82) is 0 Å². The second-order valence-electron chi connectivity index (χ2n) is 8.84. The first-order valence-electron chi connectivity index (χ1n) is 10.6. The molecule has 0 atom stereocenters. The SMILES string of the molecule is C=C(C)/C(=C\C(=C/C)NC(=O)c1cc(C(C)(C)C)ccc1OC)c1ccc(C(C)=O)cc1. The average molecular weight is 432 g/mol. The van der Waals surface area contributed by atoms with E-state index in [1.165, 1.54) is 0 Å². The molecule has 2 aromatic carbocycles. The Labute approximate surface area is 191 Å². The van der Waals surface area contributed by atoms with Crippen molar-refractivity contribution < 1.29 is 14.3 Å². The quantitative estimate of drug-likeness (QED) is 0.403. The topological polar surface area (TPSA) is 55.4 Å². The second-order valence-corrected chi connectivity index (χ2v) is 8.84. The molecule has 0 aromatic heterocycles. The van der Waals surface area contributed by atoms with Gasteiger partial charge in [-0.05, 0) is 61.1 Å². The van der Waals surface area contributed by atoms with Gasteiger partial charge in [0.05, 0.1) is 12.7 Å². The number of amides is 1. The number of benzene rings is 2. The van der Waals surface area contributed by atoms with E-state index in [-0.39, 0.29) is 17.1 Å². The fraction of sp³-hybridized carbons (Fsp3) is 0.286. The van der Waals surface area contributed by atoms with E-state index in [0.29, 0.717) is 22.6 Å². The molecule has 0 heterocycles. The zero-order valence-electron chi connectivity index (χ0n) is 20.1. The van der Waals surface area contributed by atoms with Crippen LogP contribution in [-0.2, 0) is 5.41 Å². The number of rotatable bonds is 7. The Balaban J connectivity index is 2.40. The van der Waals surface area contributed by atoms with Crippen LogP contribution in [0.2, 0.25) is 0 Å². The van der Waals surface area contributed by atoms with E-state index in [9.17, 15) is 9.59 Å². The Bertz CT molecular complexity index is 1080. The number of methoxy groups -OCH3 is 1. The Morgan fingerprint density at radius 1 is 1.00 bits per heavy atom. The molecule has 0 aliphatic carbocycles. The van der Waals surface area contributed by atoms with Gasteiger partial charge in [0, 0.05) is 11.3 Å². The van der Waals surface area contributed by atoms with Crippen molar-refractivity contribution in [2.75, 3.05) is 7.11 Å². The third-order valence-electron chi connectivity index (χ3n) is 5.24. The molecule has 0 radical (unpaired) electrons. The van der Waals surface area contributed by atoms with Crippen LogP contribution < -0.4 is 10.1 Å². The highest BCUT2D eigenvalue weighted by Crippen LogP contribution is 2.28. The summed E-state index contributed by atoms with van der Waals surface area (Å²) >= 11 is 0. The van der Waals surface area contributed by atoms with E-state index in [4.69, 9.17) is 4.74 Å². The molecule has 0 fully saturated rings. The van der Waals surface area contributed by atoms with Gasteiger partial charge >= 0.3 is 0 Å². The highest BCUT2D eigenvalue weighted by atomic mass is 16.5. The molecular formula is C28H33NO3. The van der Waals surface area contributed by atoms with E-state index >= 15 is 0 Å². The number of allylic oxidation sites excluding steroid dienone is 4. The van der Waals surface area contributed by atoms with Gasteiger partial charge in [0.15, 0.2) is 5.78 Å². The molecule has 168 valence electrons. The predicted molar refractivity (Wildman–Crippen MR) is 132 cm³/mol. The number of Topliss-reactive ketones (excluding diaryl/α,β-unsaturated/α-hetero) is 1. The van der Waals surface area contributed by atoms with Gasteiger partial charge in [-0.1, -0.05) is 69.3 Å². The molecule has 4 heteroatoms. The fourth-order valence-corrected chi connectivity index (χ4v) is 3.23. The molecule has 0 saturated heterocycles. The largest absolute Gasteiger partial charge is 0.496 e. The highest BCUT2D eigenvalue weighted by molar-refractivity contribution is 5.99. The highest BCUT2D eigenvalue weighted by Gasteiger charge is 2.20. The van der Waals surface area contributed by atoms with Crippen molar-refractivity contribution in [1.82, 2.24) is 5.32 Å². The van der Waals surface area contributed by atoms with Gasteiger partial charge in [-0.2, -0.15) is 0 Å². The van der Waals surface area contributed by atoms with E-state index in [1.807, 2.05) is 56.3 Å². The molecule has 0 saturated carbocycles. The van der Waals surface area contributed by atoms with Gasteiger partial charge in [-0.25, -0.2) is 0 Å².